The van der Waals surface area contributed by atoms with Crippen LogP contribution in [0.4, 0.5) is 0 Å². The fourth-order valence-electron chi connectivity index (χ4n) is 2.51. The lowest BCUT2D eigenvalue weighted by atomic mass is 10.1. The third kappa shape index (κ3) is 3.75. The molecule has 1 aliphatic rings. The molecule has 1 unspecified atom stereocenters. The van der Waals surface area contributed by atoms with Crippen LogP contribution >= 0.6 is 11.6 Å². The highest BCUT2D eigenvalue weighted by Crippen LogP contribution is 2.33. The van der Waals surface area contributed by atoms with Gasteiger partial charge in [-0.2, -0.15) is 0 Å². The average molecular weight is 285 g/mol. The van der Waals surface area contributed by atoms with E-state index in [4.69, 9.17) is 16.3 Å². The van der Waals surface area contributed by atoms with Crippen molar-refractivity contribution in [3.05, 3.63) is 22.7 Å². The van der Waals surface area contributed by atoms with Gasteiger partial charge in [-0.3, -0.25) is 0 Å². The number of likely N-dealkylation sites (tertiary alicyclic amines) is 1. The fraction of sp³-hybridized carbons (Fsp3) is 0.571. The monoisotopic (exact) mass is 284 g/mol. The van der Waals surface area contributed by atoms with Crippen LogP contribution in [0.15, 0.2) is 12.1 Å². The van der Waals surface area contributed by atoms with E-state index >= 15 is 0 Å². The molecule has 106 valence electrons. The number of nitrogens with one attached hydrogen (secondary N) is 1. The summed E-state index contributed by atoms with van der Waals surface area (Å²) in [5.41, 5.74) is 0.776. The standard InChI is InChI=1S/C14H21ClN2O2/c1-17-5-3-4-12(9-17)16-8-10-6-11(15)7-13(19-2)14(10)18/h6-7,12,16,18H,3-5,8-9H2,1-2H3. The number of piperidine rings is 1. The molecule has 5 heteroatoms. The molecule has 0 bridgehead atoms. The summed E-state index contributed by atoms with van der Waals surface area (Å²) < 4.78 is 5.10. The Morgan fingerprint density at radius 3 is 3.00 bits per heavy atom. The number of hydrogen-bond donors (Lipinski definition) is 2. The molecular formula is C14H21ClN2O2. The van der Waals surface area contributed by atoms with Crippen molar-refractivity contribution in [1.29, 1.82) is 0 Å². The van der Waals surface area contributed by atoms with Crippen LogP contribution in [0.2, 0.25) is 5.02 Å². The van der Waals surface area contributed by atoms with E-state index in [2.05, 4.69) is 17.3 Å². The number of aromatic hydroxyl groups is 1. The largest absolute Gasteiger partial charge is 0.504 e. The lowest BCUT2D eigenvalue weighted by Gasteiger charge is -2.30. The normalized spacial score (nSPS) is 20.5. The molecular weight excluding hydrogens is 264 g/mol. The summed E-state index contributed by atoms with van der Waals surface area (Å²) in [5.74, 6) is 0.591. The van der Waals surface area contributed by atoms with Crippen molar-refractivity contribution in [1.82, 2.24) is 10.2 Å². The molecule has 0 saturated carbocycles. The molecule has 1 atom stereocenters. The minimum atomic E-state index is 0.170. The summed E-state index contributed by atoms with van der Waals surface area (Å²) in [6.07, 6.45) is 2.38. The predicted octanol–water partition coefficient (Wildman–Crippen LogP) is 2.24. The molecule has 1 aliphatic heterocycles. The molecule has 1 aromatic rings. The number of hydrogen-bond acceptors (Lipinski definition) is 4. The van der Waals surface area contributed by atoms with Crippen molar-refractivity contribution in [2.45, 2.75) is 25.4 Å². The van der Waals surface area contributed by atoms with Gasteiger partial charge >= 0.3 is 0 Å². The van der Waals surface area contributed by atoms with Gasteiger partial charge < -0.3 is 20.1 Å². The molecule has 0 amide bonds. The third-order valence-corrected chi connectivity index (χ3v) is 3.76. The highest BCUT2D eigenvalue weighted by atomic mass is 35.5. The number of rotatable bonds is 4. The average Bonchev–Trinajstić information content (AvgIpc) is 2.39. The smallest absolute Gasteiger partial charge is 0.162 e. The first-order valence-electron chi connectivity index (χ1n) is 6.57. The van der Waals surface area contributed by atoms with Gasteiger partial charge in [-0.25, -0.2) is 0 Å². The van der Waals surface area contributed by atoms with Crippen LogP contribution in [-0.4, -0.2) is 43.3 Å². The van der Waals surface area contributed by atoms with E-state index in [0.717, 1.165) is 18.7 Å². The summed E-state index contributed by atoms with van der Waals surface area (Å²) in [4.78, 5) is 2.32. The second-order valence-electron chi connectivity index (χ2n) is 5.10. The van der Waals surface area contributed by atoms with Crippen LogP contribution in [0.1, 0.15) is 18.4 Å². The van der Waals surface area contributed by atoms with E-state index in [-0.39, 0.29) is 5.75 Å². The van der Waals surface area contributed by atoms with Crippen LogP contribution < -0.4 is 10.1 Å². The Morgan fingerprint density at radius 2 is 2.32 bits per heavy atom. The highest BCUT2D eigenvalue weighted by molar-refractivity contribution is 6.30. The molecule has 2 N–H and O–H groups in total. The van der Waals surface area contributed by atoms with E-state index in [9.17, 15) is 5.11 Å². The van der Waals surface area contributed by atoms with E-state index in [0.29, 0.717) is 23.4 Å². The number of halogens is 1. The van der Waals surface area contributed by atoms with E-state index in [1.54, 1.807) is 12.1 Å². The van der Waals surface area contributed by atoms with Crippen LogP contribution in [0.25, 0.3) is 0 Å². The van der Waals surface area contributed by atoms with Crippen molar-refractivity contribution in [3.8, 4) is 11.5 Å². The number of nitrogens with zero attached hydrogens (tertiary/aromatic N) is 1. The van der Waals surface area contributed by atoms with Crippen LogP contribution in [-0.2, 0) is 6.54 Å². The zero-order chi connectivity index (χ0) is 13.8. The molecule has 4 nitrogen and oxygen atoms in total. The molecule has 1 saturated heterocycles. The van der Waals surface area contributed by atoms with Crippen LogP contribution in [0.3, 0.4) is 0 Å². The lowest BCUT2D eigenvalue weighted by Crippen LogP contribution is -2.43. The quantitative estimate of drug-likeness (QED) is 0.890. The van der Waals surface area contributed by atoms with Gasteiger partial charge in [0.2, 0.25) is 0 Å². The van der Waals surface area contributed by atoms with Gasteiger partial charge in [-0.1, -0.05) is 11.6 Å². The first-order valence-corrected chi connectivity index (χ1v) is 6.95. The van der Waals surface area contributed by atoms with Crippen molar-refractivity contribution in [3.63, 3.8) is 0 Å². The Hall–Kier alpha value is -0.970. The van der Waals surface area contributed by atoms with Gasteiger partial charge in [0.05, 0.1) is 7.11 Å². The molecule has 0 radical (unpaired) electrons. The zero-order valence-electron chi connectivity index (χ0n) is 11.4. The Balaban J connectivity index is 2.01. The Kier molecular flexibility index (Phi) is 4.91. The first kappa shape index (κ1) is 14.4. The van der Waals surface area contributed by atoms with Gasteiger partial charge in [0.1, 0.15) is 0 Å². The van der Waals surface area contributed by atoms with Crippen molar-refractivity contribution in [2.75, 3.05) is 27.2 Å². The second-order valence-corrected chi connectivity index (χ2v) is 5.53. The minimum Gasteiger partial charge on any atom is -0.504 e. The number of phenols is 1. The summed E-state index contributed by atoms with van der Waals surface area (Å²) in [7, 11) is 3.66. The SMILES string of the molecule is COc1cc(Cl)cc(CNC2CCCN(C)C2)c1O. The lowest BCUT2D eigenvalue weighted by molar-refractivity contribution is 0.226. The maximum absolute atomic E-state index is 10.1. The Labute approximate surface area is 119 Å². The summed E-state index contributed by atoms with van der Waals surface area (Å²) in [6, 6.07) is 3.86. The number of likely N-dealkylation sites (N-methyl/N-ethyl adjacent to an activating group) is 1. The Bertz CT molecular complexity index is 440. The first-order chi connectivity index (χ1) is 9.10. The zero-order valence-corrected chi connectivity index (χ0v) is 12.2. The fourth-order valence-corrected chi connectivity index (χ4v) is 2.74. The van der Waals surface area contributed by atoms with Crippen molar-refractivity contribution >= 4 is 11.6 Å². The van der Waals surface area contributed by atoms with Crippen molar-refractivity contribution in [2.24, 2.45) is 0 Å². The van der Waals surface area contributed by atoms with Gasteiger partial charge in [-0.15, -0.1) is 0 Å². The maximum Gasteiger partial charge on any atom is 0.162 e. The molecule has 0 aliphatic carbocycles. The van der Waals surface area contributed by atoms with Crippen LogP contribution in [0.5, 0.6) is 11.5 Å². The van der Waals surface area contributed by atoms with Crippen LogP contribution in [0, 0.1) is 0 Å². The summed E-state index contributed by atoms with van der Waals surface area (Å²) in [5, 5.41) is 14.1. The van der Waals surface area contributed by atoms with E-state index in [1.807, 2.05) is 0 Å². The summed E-state index contributed by atoms with van der Waals surface area (Å²) in [6.45, 7) is 2.80. The topological polar surface area (TPSA) is 44.7 Å². The number of benzene rings is 1. The number of ether oxygens (including phenoxy) is 1. The second kappa shape index (κ2) is 6.46. The van der Waals surface area contributed by atoms with E-state index in [1.165, 1.54) is 20.0 Å². The van der Waals surface area contributed by atoms with Crippen molar-refractivity contribution < 1.29 is 9.84 Å². The van der Waals surface area contributed by atoms with E-state index < -0.39 is 0 Å². The van der Waals surface area contributed by atoms with Gasteiger partial charge in [-0.05, 0) is 32.5 Å². The van der Waals surface area contributed by atoms with Gasteiger partial charge in [0, 0.05) is 35.8 Å². The molecule has 0 aromatic heterocycles. The maximum atomic E-state index is 10.1. The minimum absolute atomic E-state index is 0.170. The van der Waals surface area contributed by atoms with Gasteiger partial charge in [0.25, 0.3) is 0 Å². The molecule has 0 spiro atoms. The highest BCUT2D eigenvalue weighted by Gasteiger charge is 2.17. The summed E-state index contributed by atoms with van der Waals surface area (Å²) >= 11 is 6.02. The molecule has 1 fully saturated rings. The molecule has 1 heterocycles. The van der Waals surface area contributed by atoms with Gasteiger partial charge in [0.15, 0.2) is 11.5 Å². The predicted molar refractivity (Wildman–Crippen MR) is 77.0 cm³/mol. The number of methoxy groups -OCH3 is 1. The molecule has 1 aromatic carbocycles. The third-order valence-electron chi connectivity index (χ3n) is 3.54. The Morgan fingerprint density at radius 1 is 1.53 bits per heavy atom. The molecule has 2 rings (SSSR count). The number of phenolic OH excluding ortho intramolecular Hbond substituents is 1. The molecule has 19 heavy (non-hydrogen) atoms.